The summed E-state index contributed by atoms with van der Waals surface area (Å²) in [5.41, 5.74) is 0.892. The third-order valence-electron chi connectivity index (χ3n) is 5.03. The molecule has 0 aliphatic carbocycles. The first-order chi connectivity index (χ1) is 14.5. The van der Waals surface area contributed by atoms with E-state index in [1.54, 1.807) is 60.7 Å². The molecule has 3 rings (SSSR count). The lowest BCUT2D eigenvalue weighted by molar-refractivity contribution is -0.171. The van der Waals surface area contributed by atoms with Gasteiger partial charge in [0.05, 0.1) is 19.8 Å². The Kier molecular flexibility index (Phi) is 6.53. The second-order valence-corrected chi connectivity index (χ2v) is 6.74. The Morgan fingerprint density at radius 1 is 1.10 bits per heavy atom. The van der Waals surface area contributed by atoms with Crippen molar-refractivity contribution in [3.05, 3.63) is 76.7 Å². The highest BCUT2D eigenvalue weighted by Crippen LogP contribution is 2.33. The molecule has 30 heavy (non-hydrogen) atoms. The van der Waals surface area contributed by atoms with Crippen LogP contribution in [-0.4, -0.2) is 53.6 Å². The lowest BCUT2D eigenvalue weighted by atomic mass is 9.89. The van der Waals surface area contributed by atoms with Crippen molar-refractivity contribution in [1.29, 1.82) is 0 Å². The standard InChI is InChI=1S/C21H21N3O6/c1-30-21(28)18(14-10-6-3-7-11-14)24-15(12-25)17(20(24)27)22-19(26)16(23-29)13-8-4-2-5-9-13/h2-11,15-18,25H,12H2,1H3,(H,22,26). The van der Waals surface area contributed by atoms with Crippen LogP contribution in [0.3, 0.4) is 0 Å². The number of nitroso groups, excluding NO2 is 1. The van der Waals surface area contributed by atoms with E-state index in [-0.39, 0.29) is 0 Å². The number of benzene rings is 2. The van der Waals surface area contributed by atoms with E-state index in [1.165, 1.54) is 12.0 Å². The van der Waals surface area contributed by atoms with E-state index in [4.69, 9.17) is 4.74 Å². The van der Waals surface area contributed by atoms with Crippen molar-refractivity contribution in [3.63, 3.8) is 0 Å². The zero-order chi connectivity index (χ0) is 21.7. The van der Waals surface area contributed by atoms with Crippen molar-refractivity contribution < 1.29 is 24.2 Å². The van der Waals surface area contributed by atoms with Crippen LogP contribution in [0.5, 0.6) is 0 Å². The molecule has 4 atom stereocenters. The number of aliphatic hydroxyl groups is 1. The Labute approximate surface area is 172 Å². The summed E-state index contributed by atoms with van der Waals surface area (Å²) in [5.74, 6) is -2.00. The summed E-state index contributed by atoms with van der Waals surface area (Å²) < 4.78 is 4.84. The van der Waals surface area contributed by atoms with Gasteiger partial charge in [0, 0.05) is 0 Å². The number of esters is 1. The fraction of sp³-hybridized carbons (Fsp3) is 0.286. The average molecular weight is 411 g/mol. The first-order valence-electron chi connectivity index (χ1n) is 9.27. The Hall–Kier alpha value is -3.59. The summed E-state index contributed by atoms with van der Waals surface area (Å²) in [6.45, 7) is -0.498. The first kappa shape index (κ1) is 21.1. The molecule has 2 N–H and O–H groups in total. The third-order valence-corrected chi connectivity index (χ3v) is 5.03. The predicted octanol–water partition coefficient (Wildman–Crippen LogP) is 1.10. The number of hydrogen-bond acceptors (Lipinski definition) is 7. The summed E-state index contributed by atoms with van der Waals surface area (Å²) in [7, 11) is 1.20. The number of carbonyl (C=O) groups is 3. The van der Waals surface area contributed by atoms with Gasteiger partial charge in [-0.2, -0.15) is 0 Å². The van der Waals surface area contributed by atoms with Gasteiger partial charge in [0.2, 0.25) is 5.91 Å². The number of nitrogens with zero attached hydrogens (tertiary/aromatic N) is 2. The molecule has 2 amide bonds. The fourth-order valence-corrected chi connectivity index (χ4v) is 3.52. The molecule has 1 heterocycles. The smallest absolute Gasteiger partial charge is 0.333 e. The Morgan fingerprint density at radius 2 is 1.67 bits per heavy atom. The molecule has 1 fully saturated rings. The van der Waals surface area contributed by atoms with E-state index >= 15 is 0 Å². The van der Waals surface area contributed by atoms with Gasteiger partial charge in [0.25, 0.3) is 5.91 Å². The topological polar surface area (TPSA) is 125 Å². The van der Waals surface area contributed by atoms with Crippen LogP contribution < -0.4 is 5.32 Å². The van der Waals surface area contributed by atoms with E-state index in [2.05, 4.69) is 10.5 Å². The quantitative estimate of drug-likeness (QED) is 0.381. The number of aliphatic hydroxyl groups excluding tert-OH is 1. The minimum Gasteiger partial charge on any atom is -0.467 e. The molecule has 1 aliphatic rings. The monoisotopic (exact) mass is 411 g/mol. The predicted molar refractivity (Wildman–Crippen MR) is 106 cm³/mol. The van der Waals surface area contributed by atoms with E-state index in [1.807, 2.05) is 0 Å². The van der Waals surface area contributed by atoms with Crippen LogP contribution in [0.4, 0.5) is 0 Å². The lowest BCUT2D eigenvalue weighted by Crippen LogP contribution is -2.73. The van der Waals surface area contributed by atoms with Crippen LogP contribution in [0, 0.1) is 4.91 Å². The Morgan fingerprint density at radius 3 is 2.17 bits per heavy atom. The molecule has 156 valence electrons. The van der Waals surface area contributed by atoms with Crippen LogP contribution in [-0.2, 0) is 19.1 Å². The highest BCUT2D eigenvalue weighted by Gasteiger charge is 2.53. The fourth-order valence-electron chi connectivity index (χ4n) is 3.52. The Bertz CT molecular complexity index is 921. The van der Waals surface area contributed by atoms with Gasteiger partial charge in [0.15, 0.2) is 12.1 Å². The number of rotatable bonds is 8. The summed E-state index contributed by atoms with van der Waals surface area (Å²) in [5, 5.41) is 15.2. The van der Waals surface area contributed by atoms with Crippen molar-refractivity contribution in [2.45, 2.75) is 24.2 Å². The van der Waals surface area contributed by atoms with Crippen LogP contribution in [0.15, 0.2) is 65.8 Å². The maximum atomic E-state index is 12.8. The number of nitrogens with one attached hydrogen (secondary N) is 1. The molecular formula is C21H21N3O6. The molecule has 0 bridgehead atoms. The van der Waals surface area contributed by atoms with Crippen LogP contribution in [0.2, 0.25) is 0 Å². The zero-order valence-electron chi connectivity index (χ0n) is 16.2. The van der Waals surface area contributed by atoms with Crippen molar-refractivity contribution in [2.24, 2.45) is 5.18 Å². The highest BCUT2D eigenvalue weighted by molar-refractivity contribution is 5.98. The maximum Gasteiger partial charge on any atom is 0.333 e. The second kappa shape index (κ2) is 9.27. The van der Waals surface area contributed by atoms with Gasteiger partial charge >= 0.3 is 5.97 Å². The van der Waals surface area contributed by atoms with Gasteiger partial charge in [-0.1, -0.05) is 65.8 Å². The van der Waals surface area contributed by atoms with Crippen molar-refractivity contribution in [2.75, 3.05) is 13.7 Å². The molecule has 9 nitrogen and oxygen atoms in total. The zero-order valence-corrected chi connectivity index (χ0v) is 16.2. The minimum absolute atomic E-state index is 0.380. The summed E-state index contributed by atoms with van der Waals surface area (Å²) in [6, 6.07) is 12.4. The maximum absolute atomic E-state index is 12.8. The van der Waals surface area contributed by atoms with Gasteiger partial charge < -0.3 is 20.1 Å². The number of ether oxygens (including phenoxy) is 1. The molecule has 1 saturated heterocycles. The summed E-state index contributed by atoms with van der Waals surface area (Å²) in [6.07, 6.45) is 0. The largest absolute Gasteiger partial charge is 0.467 e. The van der Waals surface area contributed by atoms with Crippen LogP contribution in [0.25, 0.3) is 0 Å². The van der Waals surface area contributed by atoms with E-state index in [0.717, 1.165) is 0 Å². The first-order valence-corrected chi connectivity index (χ1v) is 9.27. The normalized spacial score (nSPS) is 19.9. The lowest BCUT2D eigenvalue weighted by Gasteiger charge is -2.49. The van der Waals surface area contributed by atoms with E-state index in [0.29, 0.717) is 11.1 Å². The molecule has 1 aliphatic heterocycles. The van der Waals surface area contributed by atoms with Crippen molar-refractivity contribution >= 4 is 17.8 Å². The molecule has 4 unspecified atom stereocenters. The number of methoxy groups -OCH3 is 1. The van der Waals surface area contributed by atoms with Gasteiger partial charge in [-0.25, -0.2) is 4.79 Å². The van der Waals surface area contributed by atoms with Crippen LogP contribution >= 0.6 is 0 Å². The SMILES string of the molecule is COC(=O)C(c1ccccc1)N1C(=O)C(NC(=O)C(N=O)c2ccccc2)C1CO. The van der Waals surface area contributed by atoms with Gasteiger partial charge in [0.1, 0.15) is 6.04 Å². The number of likely N-dealkylation sites (tertiary alicyclic amines) is 1. The molecule has 0 saturated carbocycles. The number of carbonyl (C=O) groups excluding carboxylic acids is 3. The molecule has 2 aromatic carbocycles. The van der Waals surface area contributed by atoms with Crippen molar-refractivity contribution in [1.82, 2.24) is 10.2 Å². The number of β-lactam (4-membered cyclic amide) rings is 1. The molecule has 9 heteroatoms. The number of hydrogen-bond donors (Lipinski definition) is 2. The molecular weight excluding hydrogens is 390 g/mol. The molecule has 0 spiro atoms. The van der Waals surface area contributed by atoms with Gasteiger partial charge in [-0.05, 0) is 11.1 Å². The minimum atomic E-state index is -1.34. The number of amides is 2. The van der Waals surface area contributed by atoms with Crippen molar-refractivity contribution in [3.8, 4) is 0 Å². The highest BCUT2D eigenvalue weighted by atomic mass is 16.5. The summed E-state index contributed by atoms with van der Waals surface area (Å²) >= 11 is 0. The molecule has 0 aromatic heterocycles. The van der Waals surface area contributed by atoms with E-state index < -0.39 is 48.6 Å². The average Bonchev–Trinajstić information content (AvgIpc) is 2.79. The second-order valence-electron chi connectivity index (χ2n) is 6.74. The third kappa shape index (κ3) is 3.92. The molecule has 0 radical (unpaired) electrons. The summed E-state index contributed by atoms with van der Waals surface area (Å²) in [4.78, 5) is 50.2. The molecule has 2 aromatic rings. The van der Waals surface area contributed by atoms with Gasteiger partial charge in [-0.3, -0.25) is 9.59 Å². The van der Waals surface area contributed by atoms with E-state index in [9.17, 15) is 24.4 Å². The van der Waals surface area contributed by atoms with Crippen LogP contribution in [0.1, 0.15) is 23.2 Å². The Balaban J connectivity index is 1.80. The van der Waals surface area contributed by atoms with Gasteiger partial charge in [-0.15, -0.1) is 4.91 Å².